The molecule has 25 heavy (non-hydrogen) atoms. The molecule has 3 rings (SSSR count). The van der Waals surface area contributed by atoms with Crippen molar-refractivity contribution >= 4 is 0 Å². The van der Waals surface area contributed by atoms with Crippen molar-refractivity contribution in [2.24, 2.45) is 0 Å². The Hall–Kier alpha value is -2.58. The Kier molecular flexibility index (Phi) is 6.24. The zero-order valence-corrected chi connectivity index (χ0v) is 14.8. The van der Waals surface area contributed by atoms with Gasteiger partial charge in [0.05, 0.1) is 0 Å². The van der Waals surface area contributed by atoms with Crippen LogP contribution in [0, 0.1) is 0 Å². The van der Waals surface area contributed by atoms with E-state index in [0.29, 0.717) is 6.61 Å². The lowest BCUT2D eigenvalue weighted by molar-refractivity contribution is 0.305. The van der Waals surface area contributed by atoms with Gasteiger partial charge in [-0.2, -0.15) is 0 Å². The first-order valence-electron chi connectivity index (χ1n) is 8.78. The van der Waals surface area contributed by atoms with Gasteiger partial charge in [0, 0.05) is 13.1 Å². The van der Waals surface area contributed by atoms with Crippen molar-refractivity contribution in [3.8, 4) is 5.75 Å². The van der Waals surface area contributed by atoms with Gasteiger partial charge in [-0.25, -0.2) is 0 Å². The molecule has 0 unspecified atom stereocenters. The van der Waals surface area contributed by atoms with E-state index in [2.05, 4.69) is 72.6 Å². The van der Waals surface area contributed by atoms with E-state index in [1.54, 1.807) is 0 Å². The molecule has 0 saturated carbocycles. The van der Waals surface area contributed by atoms with Crippen LogP contribution in [0.5, 0.6) is 5.75 Å². The Balaban J connectivity index is 1.49. The van der Waals surface area contributed by atoms with Crippen molar-refractivity contribution in [3.63, 3.8) is 0 Å². The van der Waals surface area contributed by atoms with Crippen LogP contribution >= 0.6 is 0 Å². The van der Waals surface area contributed by atoms with Crippen molar-refractivity contribution in [1.82, 2.24) is 4.90 Å². The molecule has 0 aliphatic heterocycles. The molecule has 0 aromatic heterocycles. The fourth-order valence-corrected chi connectivity index (χ4v) is 2.83. The third-order valence-electron chi connectivity index (χ3n) is 4.22. The molecule has 2 heteroatoms. The quantitative estimate of drug-likeness (QED) is 0.580. The van der Waals surface area contributed by atoms with Gasteiger partial charge in [0.1, 0.15) is 12.4 Å². The molecular weight excluding hydrogens is 306 g/mol. The molecule has 3 aromatic rings. The third kappa shape index (κ3) is 5.77. The van der Waals surface area contributed by atoms with Gasteiger partial charge in [0.2, 0.25) is 0 Å². The monoisotopic (exact) mass is 331 g/mol. The number of benzene rings is 3. The molecule has 0 spiro atoms. The van der Waals surface area contributed by atoms with E-state index >= 15 is 0 Å². The van der Waals surface area contributed by atoms with Gasteiger partial charge in [-0.05, 0) is 42.3 Å². The fourth-order valence-electron chi connectivity index (χ4n) is 2.83. The smallest absolute Gasteiger partial charge is 0.120 e. The molecule has 0 saturated heterocycles. The number of rotatable bonds is 8. The van der Waals surface area contributed by atoms with E-state index in [4.69, 9.17) is 4.74 Å². The minimum Gasteiger partial charge on any atom is -0.489 e. The van der Waals surface area contributed by atoms with Gasteiger partial charge < -0.3 is 9.64 Å². The number of ether oxygens (including phenoxy) is 1. The van der Waals surface area contributed by atoms with E-state index in [1.807, 2.05) is 24.3 Å². The molecule has 0 N–H and O–H groups in total. The van der Waals surface area contributed by atoms with Crippen molar-refractivity contribution < 1.29 is 4.74 Å². The summed E-state index contributed by atoms with van der Waals surface area (Å²) in [5.74, 6) is 0.937. The summed E-state index contributed by atoms with van der Waals surface area (Å²) in [7, 11) is 2.17. The van der Waals surface area contributed by atoms with Gasteiger partial charge >= 0.3 is 0 Å². The summed E-state index contributed by atoms with van der Waals surface area (Å²) in [6.07, 6.45) is 1.02. The van der Waals surface area contributed by atoms with E-state index in [-0.39, 0.29) is 0 Å². The lowest BCUT2D eigenvalue weighted by atomic mass is 10.1. The SMILES string of the molecule is CN(CCc1cccc(OCc2ccccc2)c1)Cc1ccccc1. The maximum Gasteiger partial charge on any atom is 0.120 e. The summed E-state index contributed by atoms with van der Waals surface area (Å²) in [6, 6.07) is 29.3. The second-order valence-electron chi connectivity index (χ2n) is 6.40. The van der Waals surface area contributed by atoms with E-state index < -0.39 is 0 Å². The molecule has 2 nitrogen and oxygen atoms in total. The van der Waals surface area contributed by atoms with Crippen LogP contribution in [0.1, 0.15) is 16.7 Å². The lowest BCUT2D eigenvalue weighted by Crippen LogP contribution is -2.20. The number of hydrogen-bond acceptors (Lipinski definition) is 2. The highest BCUT2D eigenvalue weighted by Gasteiger charge is 2.03. The topological polar surface area (TPSA) is 12.5 Å². The molecule has 3 aromatic carbocycles. The predicted octanol–water partition coefficient (Wildman–Crippen LogP) is 4.94. The van der Waals surface area contributed by atoms with Crippen molar-refractivity contribution in [2.75, 3.05) is 13.6 Å². The van der Waals surface area contributed by atoms with Crippen LogP contribution in [-0.4, -0.2) is 18.5 Å². The van der Waals surface area contributed by atoms with Crippen LogP contribution in [-0.2, 0) is 19.6 Å². The summed E-state index contributed by atoms with van der Waals surface area (Å²) in [4.78, 5) is 2.35. The molecule has 0 radical (unpaired) electrons. The van der Waals surface area contributed by atoms with Gasteiger partial charge in [0.25, 0.3) is 0 Å². The van der Waals surface area contributed by atoms with Crippen LogP contribution in [0.2, 0.25) is 0 Å². The molecule has 0 aliphatic rings. The van der Waals surface area contributed by atoms with Crippen LogP contribution < -0.4 is 4.74 Å². The second kappa shape index (κ2) is 9.05. The zero-order chi connectivity index (χ0) is 17.3. The Morgan fingerprint density at radius 2 is 1.36 bits per heavy atom. The Labute approximate surface area is 150 Å². The number of likely N-dealkylation sites (N-methyl/N-ethyl adjacent to an activating group) is 1. The van der Waals surface area contributed by atoms with Crippen LogP contribution in [0.3, 0.4) is 0 Å². The Bertz CT molecular complexity index is 755. The van der Waals surface area contributed by atoms with Gasteiger partial charge in [-0.1, -0.05) is 72.8 Å². The fraction of sp³-hybridized carbons (Fsp3) is 0.217. The first-order chi connectivity index (χ1) is 12.3. The predicted molar refractivity (Wildman–Crippen MR) is 104 cm³/mol. The highest BCUT2D eigenvalue weighted by Crippen LogP contribution is 2.16. The van der Waals surface area contributed by atoms with Crippen LogP contribution in [0.25, 0.3) is 0 Å². The standard InChI is InChI=1S/C23H25NO/c1-24(18-21-9-4-2-5-10-21)16-15-20-13-8-14-23(17-20)25-19-22-11-6-3-7-12-22/h2-14,17H,15-16,18-19H2,1H3. The van der Waals surface area contributed by atoms with Crippen LogP contribution in [0.4, 0.5) is 0 Å². The lowest BCUT2D eigenvalue weighted by Gasteiger charge is -2.17. The van der Waals surface area contributed by atoms with Crippen molar-refractivity contribution in [2.45, 2.75) is 19.6 Å². The largest absolute Gasteiger partial charge is 0.489 e. The van der Waals surface area contributed by atoms with E-state index in [9.17, 15) is 0 Å². The summed E-state index contributed by atoms with van der Waals surface area (Å²) >= 11 is 0. The maximum atomic E-state index is 5.92. The Morgan fingerprint density at radius 3 is 2.08 bits per heavy atom. The summed E-state index contributed by atoms with van der Waals surface area (Å²) in [6.45, 7) is 2.61. The zero-order valence-electron chi connectivity index (χ0n) is 14.8. The first kappa shape index (κ1) is 17.2. The van der Waals surface area contributed by atoms with Gasteiger partial charge in [0.15, 0.2) is 0 Å². The van der Waals surface area contributed by atoms with Crippen molar-refractivity contribution in [1.29, 1.82) is 0 Å². The highest BCUT2D eigenvalue weighted by molar-refractivity contribution is 5.29. The minimum absolute atomic E-state index is 0.609. The molecule has 0 bridgehead atoms. The molecule has 128 valence electrons. The molecule has 0 amide bonds. The van der Waals surface area contributed by atoms with E-state index in [1.165, 1.54) is 16.7 Å². The van der Waals surface area contributed by atoms with Gasteiger partial charge in [-0.3, -0.25) is 0 Å². The van der Waals surface area contributed by atoms with Gasteiger partial charge in [-0.15, -0.1) is 0 Å². The maximum absolute atomic E-state index is 5.92. The molecule has 0 heterocycles. The second-order valence-corrected chi connectivity index (χ2v) is 6.40. The third-order valence-corrected chi connectivity index (χ3v) is 4.22. The molecule has 0 atom stereocenters. The summed E-state index contributed by atoms with van der Waals surface area (Å²) in [5.41, 5.74) is 3.85. The summed E-state index contributed by atoms with van der Waals surface area (Å²) in [5, 5.41) is 0. The first-order valence-corrected chi connectivity index (χ1v) is 8.78. The summed E-state index contributed by atoms with van der Waals surface area (Å²) < 4.78 is 5.92. The number of nitrogens with zero attached hydrogens (tertiary/aromatic N) is 1. The normalized spacial score (nSPS) is 10.8. The van der Waals surface area contributed by atoms with E-state index in [0.717, 1.165) is 25.3 Å². The van der Waals surface area contributed by atoms with Crippen LogP contribution in [0.15, 0.2) is 84.9 Å². The minimum atomic E-state index is 0.609. The van der Waals surface area contributed by atoms with Crippen molar-refractivity contribution in [3.05, 3.63) is 102 Å². The Morgan fingerprint density at radius 1 is 0.720 bits per heavy atom. The molecule has 0 fully saturated rings. The number of hydrogen-bond donors (Lipinski definition) is 0. The average molecular weight is 331 g/mol. The molecule has 0 aliphatic carbocycles. The average Bonchev–Trinajstić information content (AvgIpc) is 2.67. The highest BCUT2D eigenvalue weighted by atomic mass is 16.5. The molecular formula is C23H25NO.